The molecular formula is C17H26BrN. The molecule has 2 rings (SSSR count). The van der Waals surface area contributed by atoms with Gasteiger partial charge in [-0.3, -0.25) is 4.90 Å². The molecule has 19 heavy (non-hydrogen) atoms. The van der Waals surface area contributed by atoms with Crippen LogP contribution in [0.15, 0.2) is 24.3 Å². The fraction of sp³-hybridized carbons (Fsp3) is 0.647. The minimum absolute atomic E-state index is 0.251. The summed E-state index contributed by atoms with van der Waals surface area (Å²) >= 11 is 3.77. The average Bonchev–Trinajstić information content (AvgIpc) is 2.33. The fourth-order valence-corrected chi connectivity index (χ4v) is 3.09. The van der Waals surface area contributed by atoms with Gasteiger partial charge in [-0.2, -0.15) is 0 Å². The maximum absolute atomic E-state index is 3.77. The third kappa shape index (κ3) is 4.06. The van der Waals surface area contributed by atoms with Crippen LogP contribution in [0.2, 0.25) is 0 Å². The van der Waals surface area contributed by atoms with Gasteiger partial charge in [-0.05, 0) is 35.4 Å². The number of piperidine rings is 1. The Morgan fingerprint density at radius 1 is 1.21 bits per heavy atom. The first-order chi connectivity index (χ1) is 8.86. The summed E-state index contributed by atoms with van der Waals surface area (Å²) in [5, 5.41) is 0. The van der Waals surface area contributed by atoms with Gasteiger partial charge >= 0.3 is 0 Å². The maximum Gasteiger partial charge on any atom is 0.0233 e. The van der Waals surface area contributed by atoms with Crippen molar-refractivity contribution < 1.29 is 0 Å². The van der Waals surface area contributed by atoms with Crippen LogP contribution in [0.5, 0.6) is 0 Å². The average molecular weight is 324 g/mol. The number of rotatable bonds is 2. The molecule has 0 spiro atoms. The summed E-state index contributed by atoms with van der Waals surface area (Å²) in [6.07, 6.45) is 1.27. The van der Waals surface area contributed by atoms with Gasteiger partial charge < -0.3 is 0 Å². The van der Waals surface area contributed by atoms with Crippen molar-refractivity contribution in [2.45, 2.75) is 50.9 Å². The van der Waals surface area contributed by atoms with E-state index in [1.807, 2.05) is 0 Å². The van der Waals surface area contributed by atoms with Gasteiger partial charge in [-0.1, -0.05) is 67.9 Å². The first kappa shape index (κ1) is 15.1. The molecule has 1 aromatic carbocycles. The van der Waals surface area contributed by atoms with Gasteiger partial charge in [0.2, 0.25) is 0 Å². The van der Waals surface area contributed by atoms with Crippen LogP contribution in [0.3, 0.4) is 0 Å². The van der Waals surface area contributed by atoms with Gasteiger partial charge in [0.25, 0.3) is 0 Å². The van der Waals surface area contributed by atoms with Gasteiger partial charge in [0.05, 0.1) is 0 Å². The third-order valence-electron chi connectivity index (χ3n) is 4.11. The van der Waals surface area contributed by atoms with Gasteiger partial charge in [-0.25, -0.2) is 0 Å². The third-order valence-corrected chi connectivity index (χ3v) is 5.47. The van der Waals surface area contributed by atoms with Gasteiger partial charge in [-0.15, -0.1) is 0 Å². The Bertz CT molecular complexity index is 404. The topological polar surface area (TPSA) is 3.24 Å². The molecule has 0 aromatic heterocycles. The van der Waals surface area contributed by atoms with Crippen LogP contribution in [-0.2, 0) is 12.0 Å². The standard InChI is InChI=1S/C17H26BrN/c1-13-11-19(10-9-16(13)18)12-14-5-7-15(8-6-14)17(2,3)4/h5-8,13,16H,9-12H2,1-4H3. The van der Waals surface area contributed by atoms with E-state index in [2.05, 4.69) is 72.8 Å². The maximum atomic E-state index is 3.77. The van der Waals surface area contributed by atoms with Crippen LogP contribution in [-0.4, -0.2) is 22.8 Å². The molecule has 1 aliphatic heterocycles. The summed E-state index contributed by atoms with van der Waals surface area (Å²) in [4.78, 5) is 3.28. The zero-order valence-electron chi connectivity index (χ0n) is 12.6. The lowest BCUT2D eigenvalue weighted by Gasteiger charge is -2.34. The van der Waals surface area contributed by atoms with Gasteiger partial charge in [0, 0.05) is 17.9 Å². The molecule has 1 saturated heterocycles. The smallest absolute Gasteiger partial charge is 0.0233 e. The Hall–Kier alpha value is -0.340. The Morgan fingerprint density at radius 2 is 1.84 bits per heavy atom. The molecule has 0 aliphatic carbocycles. The van der Waals surface area contributed by atoms with Gasteiger partial charge in [0.15, 0.2) is 0 Å². The van der Waals surface area contributed by atoms with Crippen molar-refractivity contribution in [1.29, 1.82) is 0 Å². The lowest BCUT2D eigenvalue weighted by atomic mass is 9.86. The molecule has 1 aromatic rings. The quantitative estimate of drug-likeness (QED) is 0.719. The number of benzene rings is 1. The van der Waals surface area contributed by atoms with Crippen LogP contribution in [0.4, 0.5) is 0 Å². The summed E-state index contributed by atoms with van der Waals surface area (Å²) in [7, 11) is 0. The second kappa shape index (κ2) is 5.97. The van der Waals surface area contributed by atoms with Crippen molar-refractivity contribution in [2.24, 2.45) is 5.92 Å². The van der Waals surface area contributed by atoms with E-state index in [-0.39, 0.29) is 5.41 Å². The SMILES string of the molecule is CC1CN(Cc2ccc(C(C)(C)C)cc2)CCC1Br. The van der Waals surface area contributed by atoms with Crippen LogP contribution >= 0.6 is 15.9 Å². The van der Waals surface area contributed by atoms with Crippen molar-refractivity contribution in [2.75, 3.05) is 13.1 Å². The van der Waals surface area contributed by atoms with Crippen LogP contribution in [0.1, 0.15) is 45.2 Å². The lowest BCUT2D eigenvalue weighted by Crippen LogP contribution is -2.39. The van der Waals surface area contributed by atoms with E-state index in [9.17, 15) is 0 Å². The normalized spacial score (nSPS) is 25.5. The van der Waals surface area contributed by atoms with Crippen molar-refractivity contribution in [3.63, 3.8) is 0 Å². The minimum atomic E-state index is 0.251. The predicted molar refractivity (Wildman–Crippen MR) is 86.9 cm³/mol. The van der Waals surface area contributed by atoms with E-state index in [1.54, 1.807) is 0 Å². The molecule has 1 heterocycles. The van der Waals surface area contributed by atoms with E-state index in [4.69, 9.17) is 0 Å². The number of hydrogen-bond acceptors (Lipinski definition) is 1. The fourth-order valence-electron chi connectivity index (χ4n) is 2.72. The zero-order chi connectivity index (χ0) is 14.0. The highest BCUT2D eigenvalue weighted by molar-refractivity contribution is 9.09. The lowest BCUT2D eigenvalue weighted by molar-refractivity contribution is 0.183. The first-order valence-corrected chi connectivity index (χ1v) is 8.23. The molecule has 1 fully saturated rings. The molecular weight excluding hydrogens is 298 g/mol. The highest BCUT2D eigenvalue weighted by Gasteiger charge is 2.23. The summed E-state index contributed by atoms with van der Waals surface area (Å²) in [6.45, 7) is 12.7. The molecule has 0 amide bonds. The van der Waals surface area contributed by atoms with E-state index in [1.165, 1.54) is 30.6 Å². The largest absolute Gasteiger partial charge is 0.299 e. The van der Waals surface area contributed by atoms with Crippen LogP contribution in [0.25, 0.3) is 0 Å². The molecule has 2 unspecified atom stereocenters. The number of alkyl halides is 1. The molecule has 0 bridgehead atoms. The minimum Gasteiger partial charge on any atom is -0.299 e. The second-order valence-electron chi connectivity index (χ2n) is 6.96. The molecule has 1 aliphatic rings. The first-order valence-electron chi connectivity index (χ1n) is 7.32. The number of halogens is 1. The summed E-state index contributed by atoms with van der Waals surface area (Å²) in [5.74, 6) is 0.752. The van der Waals surface area contributed by atoms with E-state index < -0.39 is 0 Å². The summed E-state index contributed by atoms with van der Waals surface area (Å²) in [5.41, 5.74) is 3.11. The van der Waals surface area contributed by atoms with E-state index in [0.717, 1.165) is 12.5 Å². The summed E-state index contributed by atoms with van der Waals surface area (Å²) < 4.78 is 0. The highest BCUT2D eigenvalue weighted by Crippen LogP contribution is 2.26. The molecule has 0 N–H and O–H groups in total. The second-order valence-corrected chi connectivity index (χ2v) is 8.14. The van der Waals surface area contributed by atoms with Crippen molar-refractivity contribution in [3.8, 4) is 0 Å². The Balaban J connectivity index is 1.97. The Morgan fingerprint density at radius 3 is 2.37 bits per heavy atom. The molecule has 0 radical (unpaired) electrons. The summed E-state index contributed by atoms with van der Waals surface area (Å²) in [6, 6.07) is 9.17. The van der Waals surface area contributed by atoms with Crippen LogP contribution in [0, 0.1) is 5.92 Å². The van der Waals surface area contributed by atoms with Crippen molar-refractivity contribution in [3.05, 3.63) is 35.4 Å². The van der Waals surface area contributed by atoms with Crippen molar-refractivity contribution in [1.82, 2.24) is 4.90 Å². The number of hydrogen-bond donors (Lipinski definition) is 0. The number of likely N-dealkylation sites (tertiary alicyclic amines) is 1. The highest BCUT2D eigenvalue weighted by atomic mass is 79.9. The Labute approximate surface area is 126 Å². The van der Waals surface area contributed by atoms with Gasteiger partial charge in [0.1, 0.15) is 0 Å². The Kier molecular flexibility index (Phi) is 4.73. The van der Waals surface area contributed by atoms with E-state index >= 15 is 0 Å². The molecule has 0 saturated carbocycles. The van der Waals surface area contributed by atoms with Crippen molar-refractivity contribution >= 4 is 15.9 Å². The zero-order valence-corrected chi connectivity index (χ0v) is 14.2. The molecule has 1 nitrogen and oxygen atoms in total. The predicted octanol–water partition coefficient (Wildman–Crippen LogP) is 4.59. The molecule has 106 valence electrons. The van der Waals surface area contributed by atoms with Crippen LogP contribution < -0.4 is 0 Å². The monoisotopic (exact) mass is 323 g/mol. The molecule has 2 atom stereocenters. The van der Waals surface area contributed by atoms with E-state index in [0.29, 0.717) is 4.83 Å². The number of nitrogens with zero attached hydrogens (tertiary/aromatic N) is 1. The molecule has 2 heteroatoms.